The number of imidazole rings is 1. The first kappa shape index (κ1) is 22.9. The fraction of sp³-hybridized carbons (Fsp3) is 0.250. The van der Waals surface area contributed by atoms with Gasteiger partial charge in [-0.3, -0.25) is 23.7 Å². The third kappa shape index (κ3) is 4.10. The van der Waals surface area contributed by atoms with Gasteiger partial charge in [0, 0.05) is 49.4 Å². The molecule has 35 heavy (non-hydrogen) atoms. The van der Waals surface area contributed by atoms with Gasteiger partial charge in [-0.1, -0.05) is 35.9 Å². The Hall–Kier alpha value is -3.92. The van der Waals surface area contributed by atoms with Crippen molar-refractivity contribution in [3.63, 3.8) is 0 Å². The van der Waals surface area contributed by atoms with E-state index in [4.69, 9.17) is 11.6 Å². The highest BCUT2D eigenvalue weighted by Crippen LogP contribution is 2.26. The first-order chi connectivity index (χ1) is 16.8. The third-order valence-corrected chi connectivity index (χ3v) is 6.59. The number of fused-ring (bicyclic) bond motifs is 1. The van der Waals surface area contributed by atoms with Gasteiger partial charge in [0.15, 0.2) is 11.2 Å². The van der Waals surface area contributed by atoms with E-state index in [1.54, 1.807) is 27.7 Å². The first-order valence-corrected chi connectivity index (χ1v) is 11.4. The SMILES string of the molecule is Cn1c(=O)[nH]c(=O)c2c1nc(N1CCN(C(=O)c3ccccc3)CC1)n2Cc1c(F)cccc1Cl. The molecule has 1 N–H and O–H groups in total. The summed E-state index contributed by atoms with van der Waals surface area (Å²) in [5.74, 6) is -0.168. The number of H-pyrrole nitrogens is 1. The lowest BCUT2D eigenvalue weighted by molar-refractivity contribution is 0.0746. The smallest absolute Gasteiger partial charge is 0.329 e. The molecule has 11 heteroatoms. The molecule has 1 fully saturated rings. The number of nitrogens with one attached hydrogen (secondary N) is 1. The Labute approximate surface area is 204 Å². The second-order valence-electron chi connectivity index (χ2n) is 8.33. The van der Waals surface area contributed by atoms with Crippen LogP contribution in [0.1, 0.15) is 15.9 Å². The number of aryl methyl sites for hydroxylation is 1. The second-order valence-corrected chi connectivity index (χ2v) is 8.74. The second kappa shape index (κ2) is 9.03. The topological polar surface area (TPSA) is 96.2 Å². The lowest BCUT2D eigenvalue weighted by atomic mass is 10.2. The molecule has 0 spiro atoms. The van der Waals surface area contributed by atoms with Crippen molar-refractivity contribution in [2.75, 3.05) is 31.1 Å². The molecule has 1 saturated heterocycles. The third-order valence-electron chi connectivity index (χ3n) is 6.24. The highest BCUT2D eigenvalue weighted by Gasteiger charge is 2.27. The molecule has 1 aliphatic heterocycles. The van der Waals surface area contributed by atoms with Gasteiger partial charge in [-0.2, -0.15) is 4.98 Å². The summed E-state index contributed by atoms with van der Waals surface area (Å²) >= 11 is 6.27. The number of piperazine rings is 1. The van der Waals surface area contributed by atoms with E-state index in [1.165, 1.54) is 23.7 Å². The van der Waals surface area contributed by atoms with Crippen LogP contribution in [0.3, 0.4) is 0 Å². The summed E-state index contributed by atoms with van der Waals surface area (Å²) < 4.78 is 17.5. The van der Waals surface area contributed by atoms with Gasteiger partial charge in [0.2, 0.25) is 5.95 Å². The van der Waals surface area contributed by atoms with Crippen molar-refractivity contribution < 1.29 is 9.18 Å². The van der Waals surface area contributed by atoms with E-state index in [1.807, 2.05) is 23.1 Å². The molecule has 1 aliphatic rings. The molecule has 9 nitrogen and oxygen atoms in total. The van der Waals surface area contributed by atoms with Gasteiger partial charge in [0.1, 0.15) is 5.82 Å². The van der Waals surface area contributed by atoms with Crippen LogP contribution in [0.25, 0.3) is 11.2 Å². The molecule has 180 valence electrons. The van der Waals surface area contributed by atoms with Crippen molar-refractivity contribution in [2.45, 2.75) is 6.54 Å². The van der Waals surface area contributed by atoms with E-state index in [0.29, 0.717) is 37.7 Å². The number of aromatic amines is 1. The Morgan fingerprint density at radius 1 is 1.06 bits per heavy atom. The molecule has 1 amide bonds. The van der Waals surface area contributed by atoms with Crippen LogP contribution in [0.15, 0.2) is 58.1 Å². The number of halogens is 2. The van der Waals surface area contributed by atoms with Crippen LogP contribution in [0.5, 0.6) is 0 Å². The van der Waals surface area contributed by atoms with E-state index in [0.717, 1.165) is 0 Å². The zero-order valence-electron chi connectivity index (χ0n) is 18.9. The van der Waals surface area contributed by atoms with E-state index in [-0.39, 0.29) is 34.2 Å². The molecule has 0 aliphatic carbocycles. The number of aromatic nitrogens is 4. The van der Waals surface area contributed by atoms with Crippen LogP contribution >= 0.6 is 11.6 Å². The molecule has 5 rings (SSSR count). The summed E-state index contributed by atoms with van der Waals surface area (Å²) in [6.07, 6.45) is 0. The minimum Gasteiger partial charge on any atom is -0.339 e. The van der Waals surface area contributed by atoms with E-state index >= 15 is 0 Å². The summed E-state index contributed by atoms with van der Waals surface area (Å²) in [4.78, 5) is 48.4. The average molecular weight is 497 g/mol. The predicted octanol–water partition coefficient (Wildman–Crippen LogP) is 2.23. The fourth-order valence-corrected chi connectivity index (χ4v) is 4.55. The summed E-state index contributed by atoms with van der Waals surface area (Å²) in [6.45, 7) is 1.71. The van der Waals surface area contributed by atoms with Gasteiger partial charge in [0.25, 0.3) is 11.5 Å². The van der Waals surface area contributed by atoms with Crippen molar-refractivity contribution in [1.29, 1.82) is 0 Å². The summed E-state index contributed by atoms with van der Waals surface area (Å²) in [5.41, 5.74) is -0.0638. The maximum absolute atomic E-state index is 14.6. The van der Waals surface area contributed by atoms with Crippen molar-refractivity contribution in [2.24, 2.45) is 7.05 Å². The fourth-order valence-electron chi connectivity index (χ4n) is 4.33. The van der Waals surface area contributed by atoms with Crippen LogP contribution < -0.4 is 16.1 Å². The van der Waals surface area contributed by atoms with Gasteiger partial charge < -0.3 is 9.80 Å². The Morgan fingerprint density at radius 2 is 1.77 bits per heavy atom. The monoisotopic (exact) mass is 496 g/mol. The van der Waals surface area contributed by atoms with Crippen molar-refractivity contribution in [3.05, 3.63) is 91.3 Å². The van der Waals surface area contributed by atoms with Crippen LogP contribution in [-0.2, 0) is 13.6 Å². The Kier molecular flexibility index (Phi) is 5.89. The summed E-state index contributed by atoms with van der Waals surface area (Å²) in [7, 11) is 1.51. The van der Waals surface area contributed by atoms with Gasteiger partial charge in [-0.15, -0.1) is 0 Å². The molecule has 4 aromatic rings. The van der Waals surface area contributed by atoms with Gasteiger partial charge in [-0.25, -0.2) is 9.18 Å². The van der Waals surface area contributed by atoms with E-state index < -0.39 is 17.1 Å². The van der Waals surface area contributed by atoms with Gasteiger partial charge >= 0.3 is 5.69 Å². The molecule has 0 unspecified atom stereocenters. The maximum Gasteiger partial charge on any atom is 0.329 e. The van der Waals surface area contributed by atoms with Crippen molar-refractivity contribution in [3.8, 4) is 0 Å². The summed E-state index contributed by atoms with van der Waals surface area (Å²) in [5, 5.41) is 0.220. The Morgan fingerprint density at radius 3 is 2.46 bits per heavy atom. The van der Waals surface area contributed by atoms with E-state index in [2.05, 4.69) is 9.97 Å². The number of nitrogens with zero attached hydrogens (tertiary/aromatic N) is 5. The number of anilines is 1. The number of hydrogen-bond donors (Lipinski definition) is 1. The highest BCUT2D eigenvalue weighted by molar-refractivity contribution is 6.31. The molecule has 0 saturated carbocycles. The highest BCUT2D eigenvalue weighted by atomic mass is 35.5. The predicted molar refractivity (Wildman–Crippen MR) is 131 cm³/mol. The summed E-state index contributed by atoms with van der Waals surface area (Å²) in [6, 6.07) is 13.4. The molecule has 2 aromatic heterocycles. The maximum atomic E-state index is 14.6. The van der Waals surface area contributed by atoms with Crippen molar-refractivity contribution >= 4 is 34.6 Å². The zero-order valence-corrected chi connectivity index (χ0v) is 19.6. The standard InChI is InChI=1S/C24H22ClFN6O3/c1-29-20-19(21(33)28-24(29)35)32(14-16-17(25)8-5-9-18(16)26)23(27-20)31-12-10-30(11-13-31)22(34)15-6-3-2-4-7-15/h2-9H,10-14H2,1H3,(H,28,33,35). The molecule has 0 atom stereocenters. The zero-order chi connectivity index (χ0) is 24.7. The number of carbonyl (C=O) groups excluding carboxylic acids is 1. The molecule has 2 aromatic carbocycles. The van der Waals surface area contributed by atoms with Crippen molar-refractivity contribution in [1.82, 2.24) is 24.0 Å². The lowest BCUT2D eigenvalue weighted by Crippen LogP contribution is -2.49. The lowest BCUT2D eigenvalue weighted by Gasteiger charge is -2.35. The molecular weight excluding hydrogens is 475 g/mol. The molecular formula is C24H22ClFN6O3. The number of carbonyl (C=O) groups is 1. The van der Waals surface area contributed by atoms with Gasteiger partial charge in [0.05, 0.1) is 6.54 Å². The minimum atomic E-state index is -0.618. The number of hydrogen-bond acceptors (Lipinski definition) is 5. The number of rotatable bonds is 4. The Balaban J connectivity index is 1.53. The van der Waals surface area contributed by atoms with Crippen LogP contribution in [0.4, 0.5) is 10.3 Å². The molecule has 0 bridgehead atoms. The van der Waals surface area contributed by atoms with Crippen LogP contribution in [-0.4, -0.2) is 56.1 Å². The first-order valence-electron chi connectivity index (χ1n) is 11.1. The van der Waals surface area contributed by atoms with Crippen LogP contribution in [0.2, 0.25) is 5.02 Å². The molecule has 0 radical (unpaired) electrons. The number of benzene rings is 2. The molecule has 3 heterocycles. The quantitative estimate of drug-likeness (QED) is 0.467. The largest absolute Gasteiger partial charge is 0.339 e. The minimum absolute atomic E-state index is 0.0538. The van der Waals surface area contributed by atoms with Gasteiger partial charge in [-0.05, 0) is 24.3 Å². The van der Waals surface area contributed by atoms with Crippen LogP contribution in [0, 0.1) is 5.82 Å². The van der Waals surface area contributed by atoms with E-state index in [9.17, 15) is 18.8 Å². The number of amides is 1. The average Bonchev–Trinajstić information content (AvgIpc) is 3.25. The Bertz CT molecular complexity index is 1520. The normalized spacial score (nSPS) is 14.0.